The second-order valence-electron chi connectivity index (χ2n) is 2.64. The summed E-state index contributed by atoms with van der Waals surface area (Å²) in [4.78, 5) is 1.37. The second-order valence-corrected chi connectivity index (χ2v) is 3.67. The molecule has 0 aliphatic rings. The third-order valence-electron chi connectivity index (χ3n) is 1.58. The summed E-state index contributed by atoms with van der Waals surface area (Å²) in [6.45, 7) is 3.49. The number of thiophene rings is 1. The molecule has 0 aliphatic heterocycles. The zero-order chi connectivity index (χ0) is 9.36. The van der Waals surface area contributed by atoms with Crippen LogP contribution in [0, 0.1) is 12.3 Å². The molecule has 1 aromatic heterocycles. The number of terminal acetylenes is 1. The molecule has 0 fully saturated rings. The summed E-state index contributed by atoms with van der Waals surface area (Å²) in [5.41, 5.74) is 0. The number of hydrogen-bond donors (Lipinski definition) is 2. The highest BCUT2D eigenvalue weighted by Gasteiger charge is 1.91. The van der Waals surface area contributed by atoms with Crippen LogP contribution in [0.2, 0.25) is 0 Å². The van der Waals surface area contributed by atoms with Crippen molar-refractivity contribution in [2.45, 2.75) is 6.54 Å². The van der Waals surface area contributed by atoms with Crippen LogP contribution in [0.5, 0.6) is 0 Å². The Morgan fingerprint density at radius 2 is 2.23 bits per heavy atom. The maximum atomic E-state index is 5.09. The Morgan fingerprint density at radius 3 is 2.92 bits per heavy atom. The molecular formula is C10H14N2S. The van der Waals surface area contributed by atoms with E-state index in [1.165, 1.54) is 4.88 Å². The highest BCUT2D eigenvalue weighted by Crippen LogP contribution is 2.06. The summed E-state index contributed by atoms with van der Waals surface area (Å²) in [6, 6.07) is 4.20. The van der Waals surface area contributed by atoms with Crippen molar-refractivity contribution < 1.29 is 0 Å². The minimum absolute atomic E-state index is 0.653. The van der Waals surface area contributed by atoms with E-state index in [1.54, 1.807) is 11.3 Å². The zero-order valence-electron chi connectivity index (χ0n) is 7.55. The molecule has 0 aliphatic carbocycles. The lowest BCUT2D eigenvalue weighted by atomic mass is 10.4. The molecule has 0 spiro atoms. The molecule has 13 heavy (non-hydrogen) atoms. The zero-order valence-corrected chi connectivity index (χ0v) is 8.36. The monoisotopic (exact) mass is 194 g/mol. The van der Waals surface area contributed by atoms with Crippen LogP contribution < -0.4 is 10.6 Å². The molecule has 0 atom stereocenters. The first-order valence-corrected chi connectivity index (χ1v) is 5.18. The predicted octanol–water partition coefficient (Wildman–Crippen LogP) is 1.06. The number of nitrogens with one attached hydrogen (secondary N) is 2. The van der Waals surface area contributed by atoms with E-state index >= 15 is 0 Å². The first-order chi connectivity index (χ1) is 6.43. The number of rotatable bonds is 6. The highest BCUT2D eigenvalue weighted by atomic mass is 32.1. The summed E-state index contributed by atoms with van der Waals surface area (Å²) < 4.78 is 0. The number of hydrogen-bond acceptors (Lipinski definition) is 3. The first-order valence-electron chi connectivity index (χ1n) is 4.31. The van der Waals surface area contributed by atoms with Crippen molar-refractivity contribution in [1.82, 2.24) is 10.6 Å². The van der Waals surface area contributed by atoms with E-state index in [0.29, 0.717) is 6.54 Å². The summed E-state index contributed by atoms with van der Waals surface area (Å²) in [6.07, 6.45) is 5.09. The Bertz CT molecular complexity index is 248. The van der Waals surface area contributed by atoms with Crippen LogP contribution in [0.1, 0.15) is 4.88 Å². The van der Waals surface area contributed by atoms with Gasteiger partial charge in [-0.05, 0) is 11.4 Å². The van der Waals surface area contributed by atoms with Crippen LogP contribution >= 0.6 is 11.3 Å². The highest BCUT2D eigenvalue weighted by molar-refractivity contribution is 7.09. The lowest BCUT2D eigenvalue weighted by Gasteiger charge is -2.02. The molecule has 0 radical (unpaired) electrons. The van der Waals surface area contributed by atoms with Crippen molar-refractivity contribution in [2.24, 2.45) is 0 Å². The maximum Gasteiger partial charge on any atom is 0.0574 e. The lowest BCUT2D eigenvalue weighted by molar-refractivity contribution is 0.642. The van der Waals surface area contributed by atoms with E-state index in [2.05, 4.69) is 34.1 Å². The van der Waals surface area contributed by atoms with Crippen molar-refractivity contribution in [3.63, 3.8) is 0 Å². The summed E-state index contributed by atoms with van der Waals surface area (Å²) in [7, 11) is 0. The molecular weight excluding hydrogens is 180 g/mol. The molecule has 1 aromatic rings. The maximum absolute atomic E-state index is 5.09. The van der Waals surface area contributed by atoms with Crippen molar-refractivity contribution >= 4 is 11.3 Å². The van der Waals surface area contributed by atoms with E-state index in [9.17, 15) is 0 Å². The average Bonchev–Trinajstić information content (AvgIpc) is 2.63. The molecule has 0 saturated heterocycles. The van der Waals surface area contributed by atoms with Crippen molar-refractivity contribution in [2.75, 3.05) is 19.6 Å². The largest absolute Gasteiger partial charge is 0.311 e. The van der Waals surface area contributed by atoms with Crippen LogP contribution in [-0.2, 0) is 6.54 Å². The minimum atomic E-state index is 0.653. The minimum Gasteiger partial charge on any atom is -0.311 e. The Kier molecular flexibility index (Phi) is 5.27. The fourth-order valence-electron chi connectivity index (χ4n) is 0.962. The summed E-state index contributed by atoms with van der Waals surface area (Å²) in [5.74, 6) is 2.54. The van der Waals surface area contributed by atoms with Gasteiger partial charge in [0.15, 0.2) is 0 Å². The van der Waals surface area contributed by atoms with Gasteiger partial charge in [0.05, 0.1) is 6.54 Å². The predicted molar refractivity (Wildman–Crippen MR) is 57.7 cm³/mol. The normalized spacial score (nSPS) is 9.77. The molecule has 0 amide bonds. The van der Waals surface area contributed by atoms with Gasteiger partial charge in [-0.1, -0.05) is 12.0 Å². The van der Waals surface area contributed by atoms with Gasteiger partial charge in [0.25, 0.3) is 0 Å². The lowest BCUT2D eigenvalue weighted by Crippen LogP contribution is -2.26. The third-order valence-corrected chi connectivity index (χ3v) is 2.46. The SMILES string of the molecule is C#CCNCCNCc1cccs1. The van der Waals surface area contributed by atoms with Crippen LogP contribution in [0.15, 0.2) is 17.5 Å². The molecule has 1 heterocycles. The Labute approximate surface area is 83.4 Å². The molecule has 2 nitrogen and oxygen atoms in total. The van der Waals surface area contributed by atoms with Crippen molar-refractivity contribution in [3.8, 4) is 12.3 Å². The Hall–Kier alpha value is -0.820. The van der Waals surface area contributed by atoms with Crippen molar-refractivity contribution in [3.05, 3.63) is 22.4 Å². The third kappa shape index (κ3) is 4.69. The van der Waals surface area contributed by atoms with Gasteiger partial charge < -0.3 is 10.6 Å². The van der Waals surface area contributed by atoms with Gasteiger partial charge in [0.2, 0.25) is 0 Å². The molecule has 0 bridgehead atoms. The molecule has 70 valence electrons. The smallest absolute Gasteiger partial charge is 0.0574 e. The van der Waals surface area contributed by atoms with Crippen LogP contribution in [0.3, 0.4) is 0 Å². The van der Waals surface area contributed by atoms with E-state index in [-0.39, 0.29) is 0 Å². The molecule has 2 N–H and O–H groups in total. The molecule has 0 saturated carbocycles. The fourth-order valence-corrected chi connectivity index (χ4v) is 1.64. The Balaban J connectivity index is 1.94. The van der Waals surface area contributed by atoms with E-state index < -0.39 is 0 Å². The first kappa shape index (κ1) is 10.3. The van der Waals surface area contributed by atoms with E-state index in [0.717, 1.165) is 19.6 Å². The van der Waals surface area contributed by atoms with E-state index in [1.807, 2.05) is 0 Å². The van der Waals surface area contributed by atoms with Crippen LogP contribution in [0.4, 0.5) is 0 Å². The molecule has 0 aromatic carbocycles. The average molecular weight is 194 g/mol. The van der Waals surface area contributed by atoms with Crippen molar-refractivity contribution in [1.29, 1.82) is 0 Å². The Morgan fingerprint density at radius 1 is 1.38 bits per heavy atom. The molecule has 3 heteroatoms. The van der Waals surface area contributed by atoms with E-state index in [4.69, 9.17) is 6.42 Å². The summed E-state index contributed by atoms with van der Waals surface area (Å²) >= 11 is 1.78. The van der Waals surface area contributed by atoms with Gasteiger partial charge in [0, 0.05) is 24.5 Å². The second kappa shape index (κ2) is 6.67. The van der Waals surface area contributed by atoms with Gasteiger partial charge >= 0.3 is 0 Å². The molecule has 0 unspecified atom stereocenters. The topological polar surface area (TPSA) is 24.1 Å². The van der Waals surface area contributed by atoms with Crippen LogP contribution in [0.25, 0.3) is 0 Å². The molecule has 1 rings (SSSR count). The van der Waals surface area contributed by atoms with Gasteiger partial charge in [-0.3, -0.25) is 0 Å². The van der Waals surface area contributed by atoms with Gasteiger partial charge in [-0.15, -0.1) is 17.8 Å². The van der Waals surface area contributed by atoms with Gasteiger partial charge in [-0.25, -0.2) is 0 Å². The van der Waals surface area contributed by atoms with Crippen LogP contribution in [-0.4, -0.2) is 19.6 Å². The van der Waals surface area contributed by atoms with Gasteiger partial charge in [-0.2, -0.15) is 0 Å². The fraction of sp³-hybridized carbons (Fsp3) is 0.400. The quantitative estimate of drug-likeness (QED) is 0.523. The standard InChI is InChI=1S/C10H14N2S/c1-2-5-11-6-7-12-9-10-4-3-8-13-10/h1,3-4,8,11-12H,5-7,9H2. The summed E-state index contributed by atoms with van der Waals surface area (Å²) in [5, 5.41) is 8.54. The van der Waals surface area contributed by atoms with Gasteiger partial charge in [0.1, 0.15) is 0 Å².